The maximum absolute atomic E-state index is 12.4. The van der Waals surface area contributed by atoms with Gasteiger partial charge in [0.2, 0.25) is 5.91 Å². The SMILES string of the molecule is CCCCCCCCCCCCCCCC(=O)OCCCCCCCCCCCCCCC(=O)NC(CO)C(O)CCCCCCCCCCCCCCC. The number of ether oxygens (including phenoxy) is 1. The van der Waals surface area contributed by atoms with Crippen molar-refractivity contribution in [1.29, 1.82) is 0 Å². The molecule has 6 heteroatoms. The summed E-state index contributed by atoms with van der Waals surface area (Å²) in [6.45, 7) is 4.92. The molecule has 6 nitrogen and oxygen atoms in total. The predicted octanol–water partition coefficient (Wildman–Crippen LogP) is 14.4. The van der Waals surface area contributed by atoms with Crippen molar-refractivity contribution >= 4 is 11.9 Å². The normalized spacial score (nSPS) is 12.6. The molecule has 0 aromatic rings. The van der Waals surface area contributed by atoms with E-state index in [-0.39, 0.29) is 18.5 Å². The zero-order valence-corrected chi connectivity index (χ0v) is 37.2. The monoisotopic (exact) mass is 780 g/mol. The van der Waals surface area contributed by atoms with Crippen molar-refractivity contribution < 1.29 is 24.5 Å². The molecule has 0 aliphatic rings. The van der Waals surface area contributed by atoms with Crippen molar-refractivity contribution in [3.63, 3.8) is 0 Å². The predicted molar refractivity (Wildman–Crippen MR) is 237 cm³/mol. The molecule has 0 radical (unpaired) electrons. The Morgan fingerprint density at radius 3 is 1.11 bits per heavy atom. The number of rotatable bonds is 46. The van der Waals surface area contributed by atoms with E-state index in [2.05, 4.69) is 19.2 Å². The van der Waals surface area contributed by atoms with Crippen LogP contribution in [-0.2, 0) is 14.3 Å². The van der Waals surface area contributed by atoms with E-state index in [4.69, 9.17) is 4.74 Å². The molecule has 0 aliphatic heterocycles. The van der Waals surface area contributed by atoms with Gasteiger partial charge >= 0.3 is 5.97 Å². The molecule has 55 heavy (non-hydrogen) atoms. The zero-order valence-electron chi connectivity index (χ0n) is 37.2. The second-order valence-corrected chi connectivity index (χ2v) is 17.2. The Hall–Kier alpha value is -1.14. The van der Waals surface area contributed by atoms with Crippen LogP contribution >= 0.6 is 0 Å². The van der Waals surface area contributed by atoms with Crippen LogP contribution < -0.4 is 5.32 Å². The van der Waals surface area contributed by atoms with Crippen LogP contribution in [0, 0.1) is 0 Å². The van der Waals surface area contributed by atoms with Gasteiger partial charge in [0.05, 0.1) is 25.4 Å². The first kappa shape index (κ1) is 53.9. The van der Waals surface area contributed by atoms with E-state index in [1.165, 1.54) is 186 Å². The van der Waals surface area contributed by atoms with Crippen LogP contribution in [0.3, 0.4) is 0 Å². The number of aliphatic hydroxyl groups is 2. The van der Waals surface area contributed by atoms with Gasteiger partial charge in [0.15, 0.2) is 0 Å². The fourth-order valence-electron chi connectivity index (χ4n) is 7.82. The van der Waals surface area contributed by atoms with E-state index in [1.807, 2.05) is 0 Å². The van der Waals surface area contributed by atoms with Gasteiger partial charge < -0.3 is 20.3 Å². The summed E-state index contributed by atoms with van der Waals surface area (Å²) in [6.07, 6.45) is 49.2. The Bertz CT molecular complexity index is 776. The average molecular weight is 780 g/mol. The Labute approximate surface area is 343 Å². The first-order valence-electron chi connectivity index (χ1n) is 24.8. The summed E-state index contributed by atoms with van der Waals surface area (Å²) in [5.41, 5.74) is 0. The lowest BCUT2D eigenvalue weighted by Gasteiger charge is -2.22. The average Bonchev–Trinajstić information content (AvgIpc) is 3.18. The van der Waals surface area contributed by atoms with Crippen molar-refractivity contribution in [3.05, 3.63) is 0 Å². The molecule has 0 aromatic carbocycles. The van der Waals surface area contributed by atoms with E-state index in [0.717, 1.165) is 57.8 Å². The van der Waals surface area contributed by atoms with E-state index >= 15 is 0 Å². The molecule has 0 heterocycles. The highest BCUT2D eigenvalue weighted by Crippen LogP contribution is 2.17. The van der Waals surface area contributed by atoms with Crippen molar-refractivity contribution in [2.45, 2.75) is 289 Å². The zero-order chi connectivity index (χ0) is 40.1. The molecular formula is C49H97NO5. The van der Waals surface area contributed by atoms with Gasteiger partial charge in [-0.2, -0.15) is 0 Å². The minimum atomic E-state index is -0.671. The van der Waals surface area contributed by atoms with Crippen LogP contribution in [0.25, 0.3) is 0 Å². The lowest BCUT2D eigenvalue weighted by molar-refractivity contribution is -0.143. The highest BCUT2D eigenvalue weighted by Gasteiger charge is 2.20. The lowest BCUT2D eigenvalue weighted by atomic mass is 10.0. The molecule has 3 N–H and O–H groups in total. The van der Waals surface area contributed by atoms with Crippen LogP contribution in [0.1, 0.15) is 277 Å². The molecule has 0 aromatic heterocycles. The topological polar surface area (TPSA) is 95.9 Å². The standard InChI is InChI=1S/C49H97NO5/c1-3-5-7-9-11-13-15-17-21-25-29-33-37-41-47(52)46(45-51)50-48(53)42-38-34-30-26-22-19-20-24-28-32-36-40-44-55-49(54)43-39-35-31-27-23-18-16-14-12-10-8-6-4-2/h46-47,51-52H,3-45H2,1-2H3,(H,50,53). The Balaban J connectivity index is 3.44. The minimum Gasteiger partial charge on any atom is -0.466 e. The molecular weight excluding hydrogens is 683 g/mol. The highest BCUT2D eigenvalue weighted by atomic mass is 16.5. The largest absolute Gasteiger partial charge is 0.466 e. The number of esters is 1. The molecule has 0 bridgehead atoms. The Morgan fingerprint density at radius 2 is 0.745 bits per heavy atom. The Morgan fingerprint density at radius 1 is 0.436 bits per heavy atom. The molecule has 328 valence electrons. The smallest absolute Gasteiger partial charge is 0.305 e. The number of carbonyl (C=O) groups is 2. The molecule has 0 aliphatic carbocycles. The van der Waals surface area contributed by atoms with Gasteiger partial charge in [-0.3, -0.25) is 9.59 Å². The first-order chi connectivity index (χ1) is 27.0. The summed E-state index contributed by atoms with van der Waals surface area (Å²) >= 11 is 0. The second kappa shape index (κ2) is 45.6. The van der Waals surface area contributed by atoms with Crippen molar-refractivity contribution in [1.82, 2.24) is 5.32 Å². The molecule has 2 unspecified atom stereocenters. The van der Waals surface area contributed by atoms with E-state index in [0.29, 0.717) is 25.9 Å². The number of amides is 1. The Kier molecular flexibility index (Phi) is 44.6. The first-order valence-corrected chi connectivity index (χ1v) is 24.8. The summed E-state index contributed by atoms with van der Waals surface area (Å²) < 4.78 is 5.45. The highest BCUT2D eigenvalue weighted by molar-refractivity contribution is 5.76. The summed E-state index contributed by atoms with van der Waals surface area (Å²) in [7, 11) is 0. The number of carbonyl (C=O) groups excluding carboxylic acids is 2. The third kappa shape index (κ3) is 42.3. The molecule has 0 fully saturated rings. The summed E-state index contributed by atoms with van der Waals surface area (Å²) in [5.74, 6) is -0.0567. The van der Waals surface area contributed by atoms with Crippen molar-refractivity contribution in [2.75, 3.05) is 13.2 Å². The number of nitrogens with one attached hydrogen (secondary N) is 1. The second-order valence-electron chi connectivity index (χ2n) is 17.2. The van der Waals surface area contributed by atoms with Gasteiger partial charge in [-0.15, -0.1) is 0 Å². The number of unbranched alkanes of at least 4 members (excludes halogenated alkanes) is 35. The maximum Gasteiger partial charge on any atom is 0.305 e. The van der Waals surface area contributed by atoms with Gasteiger partial charge in [0.1, 0.15) is 0 Å². The van der Waals surface area contributed by atoms with E-state index in [9.17, 15) is 19.8 Å². The third-order valence-electron chi connectivity index (χ3n) is 11.7. The minimum absolute atomic E-state index is 0.00732. The molecule has 0 rings (SSSR count). The van der Waals surface area contributed by atoms with Crippen molar-refractivity contribution in [3.8, 4) is 0 Å². The summed E-state index contributed by atoms with van der Waals surface area (Å²) in [6, 6.07) is -0.550. The molecule has 0 saturated carbocycles. The lowest BCUT2D eigenvalue weighted by Crippen LogP contribution is -2.45. The number of hydrogen-bond acceptors (Lipinski definition) is 5. The third-order valence-corrected chi connectivity index (χ3v) is 11.7. The van der Waals surface area contributed by atoms with Gasteiger partial charge in [0, 0.05) is 12.8 Å². The van der Waals surface area contributed by atoms with Gasteiger partial charge in [0.25, 0.3) is 0 Å². The molecule has 0 saturated heterocycles. The number of aliphatic hydroxyl groups excluding tert-OH is 2. The fourth-order valence-corrected chi connectivity index (χ4v) is 7.82. The summed E-state index contributed by atoms with van der Waals surface area (Å²) in [5, 5.41) is 23.2. The molecule has 0 spiro atoms. The molecule has 1 amide bonds. The van der Waals surface area contributed by atoms with Crippen LogP contribution in [0.2, 0.25) is 0 Å². The number of hydrogen-bond donors (Lipinski definition) is 3. The van der Waals surface area contributed by atoms with Gasteiger partial charge in [-0.25, -0.2) is 0 Å². The molecule has 2 atom stereocenters. The van der Waals surface area contributed by atoms with E-state index < -0.39 is 12.1 Å². The van der Waals surface area contributed by atoms with Crippen molar-refractivity contribution in [2.24, 2.45) is 0 Å². The maximum atomic E-state index is 12.4. The van der Waals surface area contributed by atoms with Crippen LogP contribution in [0.15, 0.2) is 0 Å². The quantitative estimate of drug-likeness (QED) is 0.0422. The fraction of sp³-hybridized carbons (Fsp3) is 0.959. The van der Waals surface area contributed by atoms with Gasteiger partial charge in [-0.1, -0.05) is 239 Å². The van der Waals surface area contributed by atoms with Crippen LogP contribution in [0.4, 0.5) is 0 Å². The van der Waals surface area contributed by atoms with Crippen LogP contribution in [-0.4, -0.2) is 47.4 Å². The van der Waals surface area contributed by atoms with Gasteiger partial charge in [-0.05, 0) is 25.7 Å². The van der Waals surface area contributed by atoms with Crippen LogP contribution in [0.5, 0.6) is 0 Å². The van der Waals surface area contributed by atoms with E-state index in [1.54, 1.807) is 0 Å². The summed E-state index contributed by atoms with van der Waals surface area (Å²) in [4.78, 5) is 24.4.